The summed E-state index contributed by atoms with van der Waals surface area (Å²) in [5, 5.41) is 3.28. The second-order valence-corrected chi connectivity index (χ2v) is 9.76. The van der Waals surface area contributed by atoms with Crippen LogP contribution in [0.3, 0.4) is 0 Å². The lowest BCUT2D eigenvalue weighted by Gasteiger charge is -2.38. The number of benzene rings is 1. The number of thioether (sulfide) groups is 1. The van der Waals surface area contributed by atoms with Gasteiger partial charge in [0.2, 0.25) is 0 Å². The molecular formula is C26H33NO6S. The Bertz CT molecular complexity index is 997. The summed E-state index contributed by atoms with van der Waals surface area (Å²) in [6.07, 6.45) is 0.501. The fourth-order valence-electron chi connectivity index (χ4n) is 4.62. The number of allylic oxidation sites excluding steroid dienone is 3. The number of hydrogen-bond acceptors (Lipinski definition) is 8. The van der Waals surface area contributed by atoms with Crippen molar-refractivity contribution in [1.82, 2.24) is 5.32 Å². The predicted molar refractivity (Wildman–Crippen MR) is 131 cm³/mol. The Kier molecular flexibility index (Phi) is 8.83. The van der Waals surface area contributed by atoms with E-state index in [0.29, 0.717) is 41.4 Å². The number of esters is 2. The second-order valence-electron chi connectivity index (χ2n) is 8.37. The number of Topliss-reactive ketones (excluding diaryl/α,β-unsaturated/α-hetero) is 1. The van der Waals surface area contributed by atoms with Crippen molar-refractivity contribution in [2.45, 2.75) is 40.0 Å². The quantitative estimate of drug-likeness (QED) is 0.318. The maximum Gasteiger partial charge on any atom is 0.336 e. The molecule has 1 aliphatic heterocycles. The highest BCUT2D eigenvalue weighted by molar-refractivity contribution is 7.99. The molecule has 2 aliphatic rings. The molecule has 184 valence electrons. The van der Waals surface area contributed by atoms with E-state index in [4.69, 9.17) is 14.2 Å². The van der Waals surface area contributed by atoms with Crippen LogP contribution in [0.25, 0.3) is 0 Å². The summed E-state index contributed by atoms with van der Waals surface area (Å²) in [7, 11) is 1.29. The van der Waals surface area contributed by atoms with Gasteiger partial charge in [-0.3, -0.25) is 9.59 Å². The Morgan fingerprint density at radius 2 is 1.88 bits per heavy atom. The van der Waals surface area contributed by atoms with Gasteiger partial charge in [0.25, 0.3) is 0 Å². The van der Waals surface area contributed by atoms with E-state index in [-0.39, 0.29) is 18.3 Å². The van der Waals surface area contributed by atoms with Gasteiger partial charge in [-0.1, -0.05) is 26.0 Å². The van der Waals surface area contributed by atoms with Crippen LogP contribution in [-0.2, 0) is 23.9 Å². The zero-order valence-corrected chi connectivity index (χ0v) is 21.3. The lowest BCUT2D eigenvalue weighted by molar-refractivity contribution is -0.151. The first kappa shape index (κ1) is 25.9. The first-order chi connectivity index (χ1) is 16.3. The average Bonchev–Trinajstić information content (AvgIpc) is 2.81. The van der Waals surface area contributed by atoms with Crippen LogP contribution in [0.5, 0.6) is 5.75 Å². The molecule has 1 N–H and O–H groups in total. The van der Waals surface area contributed by atoms with Gasteiger partial charge in [0.15, 0.2) is 5.78 Å². The minimum absolute atomic E-state index is 0.223. The minimum atomic E-state index is -0.910. The molecule has 0 saturated heterocycles. The zero-order chi connectivity index (χ0) is 24.8. The molecule has 0 saturated carbocycles. The fraction of sp³-hybridized carbons (Fsp3) is 0.500. The molecule has 8 heteroatoms. The second kappa shape index (κ2) is 11.6. The highest BCUT2D eigenvalue weighted by atomic mass is 32.2. The maximum atomic E-state index is 13.7. The molecule has 3 rings (SSSR count). The van der Waals surface area contributed by atoms with Crippen LogP contribution in [0.2, 0.25) is 0 Å². The van der Waals surface area contributed by atoms with Gasteiger partial charge < -0.3 is 19.5 Å². The summed E-state index contributed by atoms with van der Waals surface area (Å²) >= 11 is 1.69. The van der Waals surface area contributed by atoms with Gasteiger partial charge in [0.05, 0.1) is 19.3 Å². The number of methoxy groups -OCH3 is 1. The molecule has 1 aliphatic carbocycles. The van der Waals surface area contributed by atoms with Gasteiger partial charge in [-0.2, -0.15) is 11.8 Å². The number of hydrogen-bond donors (Lipinski definition) is 1. The molecule has 0 bridgehead atoms. The molecular weight excluding hydrogens is 454 g/mol. The summed E-state index contributed by atoms with van der Waals surface area (Å²) in [5.41, 5.74) is 2.97. The van der Waals surface area contributed by atoms with Gasteiger partial charge in [-0.15, -0.1) is 0 Å². The topological polar surface area (TPSA) is 90.9 Å². The van der Waals surface area contributed by atoms with Crippen LogP contribution in [0.15, 0.2) is 46.8 Å². The molecule has 1 aromatic rings. The van der Waals surface area contributed by atoms with Crippen molar-refractivity contribution in [2.75, 3.05) is 31.8 Å². The molecule has 0 unspecified atom stereocenters. The Hall–Kier alpha value is -2.74. The number of ketones is 1. The third-order valence-electron chi connectivity index (χ3n) is 6.15. The largest absolute Gasteiger partial charge is 0.494 e. The standard InChI is InChI=1S/C26H33NO6S/c1-6-32-18-10-8-17(9-11-18)22-21(26(30)33-12-13-34-7-2)16(4)27-19-14-15(3)20(25(29)31-5)24(28)23(19)22/h8-11,15,20,22,27H,6-7,12-14H2,1-5H3/t15-,20+,22+/m0/s1. The van der Waals surface area contributed by atoms with Crippen molar-refractivity contribution in [3.63, 3.8) is 0 Å². The SMILES string of the molecule is CCOc1ccc([C@@H]2C(C(=O)OCCSCC)=C(C)NC3=C2C(=O)[C@H](C(=O)OC)[C@@H](C)C3)cc1. The number of rotatable bonds is 9. The van der Waals surface area contributed by atoms with Crippen molar-refractivity contribution in [3.05, 3.63) is 52.4 Å². The summed E-state index contributed by atoms with van der Waals surface area (Å²) in [6.45, 7) is 8.46. The van der Waals surface area contributed by atoms with Crippen LogP contribution >= 0.6 is 11.8 Å². The minimum Gasteiger partial charge on any atom is -0.494 e. The molecule has 0 spiro atoms. The van der Waals surface area contributed by atoms with Crippen molar-refractivity contribution >= 4 is 29.5 Å². The Morgan fingerprint density at radius 3 is 2.50 bits per heavy atom. The van der Waals surface area contributed by atoms with E-state index in [2.05, 4.69) is 5.32 Å². The highest BCUT2D eigenvalue weighted by Crippen LogP contribution is 2.45. The molecule has 0 radical (unpaired) electrons. The van der Waals surface area contributed by atoms with E-state index < -0.39 is 23.8 Å². The molecule has 1 heterocycles. The van der Waals surface area contributed by atoms with Crippen LogP contribution in [-0.4, -0.2) is 49.6 Å². The normalized spacial score (nSPS) is 22.1. The Morgan fingerprint density at radius 1 is 1.18 bits per heavy atom. The smallest absolute Gasteiger partial charge is 0.336 e. The van der Waals surface area contributed by atoms with E-state index in [1.807, 2.05) is 52.0 Å². The lowest BCUT2D eigenvalue weighted by Crippen LogP contribution is -2.43. The van der Waals surface area contributed by atoms with Gasteiger partial charge in [0.1, 0.15) is 18.3 Å². The van der Waals surface area contributed by atoms with Crippen molar-refractivity contribution in [1.29, 1.82) is 0 Å². The maximum absolute atomic E-state index is 13.7. The summed E-state index contributed by atoms with van der Waals surface area (Å²) in [6, 6.07) is 7.37. The van der Waals surface area contributed by atoms with Crippen LogP contribution in [0, 0.1) is 11.8 Å². The molecule has 34 heavy (non-hydrogen) atoms. The van der Waals surface area contributed by atoms with Crippen LogP contribution in [0.4, 0.5) is 0 Å². The fourth-order valence-corrected chi connectivity index (χ4v) is 5.11. The summed E-state index contributed by atoms with van der Waals surface area (Å²) < 4.78 is 16.1. The van der Waals surface area contributed by atoms with Crippen molar-refractivity contribution < 1.29 is 28.6 Å². The van der Waals surface area contributed by atoms with Crippen LogP contribution in [0.1, 0.15) is 45.6 Å². The lowest BCUT2D eigenvalue weighted by atomic mass is 9.69. The number of ether oxygens (including phenoxy) is 3. The number of carbonyl (C=O) groups excluding carboxylic acids is 3. The number of nitrogens with one attached hydrogen (secondary N) is 1. The summed E-state index contributed by atoms with van der Waals surface area (Å²) in [5.74, 6) is -0.775. The van der Waals surface area contributed by atoms with E-state index >= 15 is 0 Å². The third-order valence-corrected chi connectivity index (χ3v) is 7.02. The number of carbonyl (C=O) groups is 3. The Balaban J connectivity index is 2.06. The molecule has 0 fully saturated rings. The average molecular weight is 488 g/mol. The number of dihydropyridines is 1. The van der Waals surface area contributed by atoms with Crippen molar-refractivity contribution in [2.24, 2.45) is 11.8 Å². The first-order valence-electron chi connectivity index (χ1n) is 11.6. The van der Waals surface area contributed by atoms with Gasteiger partial charge in [0, 0.05) is 28.6 Å². The predicted octanol–water partition coefficient (Wildman–Crippen LogP) is 3.99. The van der Waals surface area contributed by atoms with E-state index in [9.17, 15) is 14.4 Å². The highest BCUT2D eigenvalue weighted by Gasteiger charge is 2.47. The van der Waals surface area contributed by atoms with Gasteiger partial charge in [-0.25, -0.2) is 4.79 Å². The van der Waals surface area contributed by atoms with Gasteiger partial charge >= 0.3 is 11.9 Å². The monoisotopic (exact) mass is 487 g/mol. The van der Waals surface area contributed by atoms with Gasteiger partial charge in [-0.05, 0) is 49.6 Å². The van der Waals surface area contributed by atoms with Crippen molar-refractivity contribution in [3.8, 4) is 5.75 Å². The molecule has 0 amide bonds. The van der Waals surface area contributed by atoms with E-state index in [1.165, 1.54) is 7.11 Å². The third kappa shape index (κ3) is 5.32. The zero-order valence-electron chi connectivity index (χ0n) is 20.4. The van der Waals surface area contributed by atoms with E-state index in [0.717, 1.165) is 17.0 Å². The summed E-state index contributed by atoms with van der Waals surface area (Å²) in [4.78, 5) is 39.5. The molecule has 0 aromatic heterocycles. The Labute approximate surface area is 205 Å². The molecule has 1 aromatic carbocycles. The van der Waals surface area contributed by atoms with E-state index in [1.54, 1.807) is 11.8 Å². The molecule has 3 atom stereocenters. The molecule has 7 nitrogen and oxygen atoms in total. The first-order valence-corrected chi connectivity index (χ1v) is 12.8. The van der Waals surface area contributed by atoms with Crippen LogP contribution < -0.4 is 10.1 Å².